The van der Waals surface area contributed by atoms with Gasteiger partial charge in [-0.05, 0) is 31.4 Å². The van der Waals surface area contributed by atoms with Crippen LogP contribution in [0.5, 0.6) is 0 Å². The van der Waals surface area contributed by atoms with Gasteiger partial charge in [-0.15, -0.1) is 0 Å². The third kappa shape index (κ3) is 4.83. The molecule has 3 N–H and O–H groups in total. The fourth-order valence-corrected chi connectivity index (χ4v) is 3.74. The van der Waals surface area contributed by atoms with Gasteiger partial charge in [-0.3, -0.25) is 4.90 Å². The first-order chi connectivity index (χ1) is 12.3. The van der Waals surface area contributed by atoms with Crippen molar-refractivity contribution in [1.82, 2.24) is 20.5 Å². The Labute approximate surface area is 148 Å². The summed E-state index contributed by atoms with van der Waals surface area (Å²) in [7, 11) is 0. The van der Waals surface area contributed by atoms with Crippen molar-refractivity contribution >= 4 is 11.8 Å². The van der Waals surface area contributed by atoms with Crippen LogP contribution in [-0.2, 0) is 0 Å². The lowest BCUT2D eigenvalue weighted by atomic mass is 10.2. The van der Waals surface area contributed by atoms with E-state index in [1.165, 1.54) is 25.7 Å². The van der Waals surface area contributed by atoms with Crippen molar-refractivity contribution in [3.05, 3.63) is 23.9 Å². The molecule has 25 heavy (non-hydrogen) atoms. The first-order valence-electron chi connectivity index (χ1n) is 9.13. The molecule has 7 nitrogen and oxygen atoms in total. The maximum atomic E-state index is 12.0. The van der Waals surface area contributed by atoms with E-state index in [4.69, 9.17) is 5.26 Å². The Bertz CT molecular complexity index is 622. The highest BCUT2D eigenvalue weighted by Crippen LogP contribution is 2.26. The largest absolute Gasteiger partial charge is 0.367 e. The molecule has 1 atom stereocenters. The number of nitrogens with one attached hydrogen (secondary N) is 3. The zero-order valence-corrected chi connectivity index (χ0v) is 14.5. The molecule has 3 rings (SSSR count). The summed E-state index contributed by atoms with van der Waals surface area (Å²) in [5, 5.41) is 18.0. The lowest BCUT2D eigenvalue weighted by molar-refractivity contribution is 0.228. The Balaban J connectivity index is 1.33. The van der Waals surface area contributed by atoms with Crippen LogP contribution in [0.4, 0.5) is 10.6 Å². The quantitative estimate of drug-likeness (QED) is 0.684. The van der Waals surface area contributed by atoms with Crippen LogP contribution in [0, 0.1) is 11.3 Å². The minimum absolute atomic E-state index is 0.124. The molecular formula is C18H26N6O. The molecular weight excluding hydrogens is 316 g/mol. The SMILES string of the molecule is N#Cc1cccnc1NCCNC(=O)N[C@@H]1CCN(C2CCCC2)C1. The predicted molar refractivity (Wildman–Crippen MR) is 96.2 cm³/mol. The zero-order valence-electron chi connectivity index (χ0n) is 14.5. The van der Waals surface area contributed by atoms with Crippen molar-refractivity contribution < 1.29 is 4.79 Å². The van der Waals surface area contributed by atoms with Gasteiger partial charge in [0.15, 0.2) is 0 Å². The number of rotatable bonds is 6. The molecule has 0 bridgehead atoms. The van der Waals surface area contributed by atoms with Crippen LogP contribution >= 0.6 is 0 Å². The van der Waals surface area contributed by atoms with Crippen LogP contribution in [0.2, 0.25) is 0 Å². The molecule has 0 unspecified atom stereocenters. The highest BCUT2D eigenvalue weighted by molar-refractivity contribution is 5.74. The zero-order chi connectivity index (χ0) is 17.5. The van der Waals surface area contributed by atoms with Gasteiger partial charge in [-0.1, -0.05) is 12.8 Å². The van der Waals surface area contributed by atoms with Crippen molar-refractivity contribution in [2.75, 3.05) is 31.5 Å². The molecule has 1 aliphatic carbocycles. The van der Waals surface area contributed by atoms with E-state index >= 15 is 0 Å². The summed E-state index contributed by atoms with van der Waals surface area (Å²) in [5.74, 6) is 0.551. The van der Waals surface area contributed by atoms with Gasteiger partial charge in [0.1, 0.15) is 11.9 Å². The van der Waals surface area contributed by atoms with E-state index in [-0.39, 0.29) is 12.1 Å². The molecule has 2 fully saturated rings. The molecule has 1 aromatic rings. The number of hydrogen-bond acceptors (Lipinski definition) is 5. The Morgan fingerprint density at radius 2 is 2.16 bits per heavy atom. The standard InChI is InChI=1S/C18H26N6O/c19-12-14-4-3-8-20-17(14)21-9-10-22-18(25)23-15-7-11-24(13-15)16-5-1-2-6-16/h3-4,8,15-16H,1-2,5-7,9-11,13H2,(H,20,21)(H2,22,23,25)/t15-/m1/s1. The van der Waals surface area contributed by atoms with Crippen LogP contribution in [0.3, 0.4) is 0 Å². The van der Waals surface area contributed by atoms with Crippen molar-refractivity contribution in [2.24, 2.45) is 0 Å². The van der Waals surface area contributed by atoms with Gasteiger partial charge in [0.2, 0.25) is 0 Å². The second-order valence-corrected chi connectivity index (χ2v) is 6.76. The Kier molecular flexibility index (Phi) is 6.07. The minimum Gasteiger partial charge on any atom is -0.367 e. The van der Waals surface area contributed by atoms with E-state index in [1.807, 2.05) is 0 Å². The summed E-state index contributed by atoms with van der Waals surface area (Å²) in [6.45, 7) is 3.06. The first kappa shape index (κ1) is 17.5. The van der Waals surface area contributed by atoms with Crippen molar-refractivity contribution in [1.29, 1.82) is 5.26 Å². The van der Waals surface area contributed by atoms with Crippen LogP contribution in [0.25, 0.3) is 0 Å². The van der Waals surface area contributed by atoms with Crippen LogP contribution in [-0.4, -0.2) is 54.2 Å². The van der Waals surface area contributed by atoms with E-state index in [9.17, 15) is 4.79 Å². The van der Waals surface area contributed by atoms with E-state index in [1.54, 1.807) is 18.3 Å². The highest BCUT2D eigenvalue weighted by Gasteiger charge is 2.30. The molecule has 0 aromatic carbocycles. The molecule has 0 spiro atoms. The van der Waals surface area contributed by atoms with Gasteiger partial charge < -0.3 is 16.0 Å². The summed E-state index contributed by atoms with van der Waals surface area (Å²) >= 11 is 0. The van der Waals surface area contributed by atoms with E-state index in [0.29, 0.717) is 24.5 Å². The second kappa shape index (κ2) is 8.67. The highest BCUT2D eigenvalue weighted by atomic mass is 16.2. The second-order valence-electron chi connectivity index (χ2n) is 6.76. The Morgan fingerprint density at radius 3 is 2.96 bits per heavy atom. The van der Waals surface area contributed by atoms with Crippen molar-refractivity contribution in [3.63, 3.8) is 0 Å². The van der Waals surface area contributed by atoms with E-state index in [0.717, 1.165) is 25.6 Å². The summed E-state index contributed by atoms with van der Waals surface area (Å²) in [6, 6.07) is 6.38. The molecule has 2 aliphatic rings. The number of nitrogens with zero attached hydrogens (tertiary/aromatic N) is 3. The van der Waals surface area contributed by atoms with Crippen LogP contribution in [0.1, 0.15) is 37.7 Å². The van der Waals surface area contributed by atoms with Gasteiger partial charge in [0.25, 0.3) is 0 Å². The number of carbonyl (C=O) groups excluding carboxylic acids is 1. The number of amides is 2. The van der Waals surface area contributed by atoms with Crippen molar-refractivity contribution in [2.45, 2.75) is 44.2 Å². The summed E-state index contributed by atoms with van der Waals surface area (Å²) in [6.07, 6.45) is 7.97. The van der Waals surface area contributed by atoms with E-state index in [2.05, 4.69) is 31.9 Å². The van der Waals surface area contributed by atoms with Gasteiger partial charge in [-0.2, -0.15) is 5.26 Å². The number of likely N-dealkylation sites (tertiary alicyclic amines) is 1. The number of carbonyl (C=O) groups is 1. The fraction of sp³-hybridized carbons (Fsp3) is 0.611. The predicted octanol–water partition coefficient (Wildman–Crippen LogP) is 1.68. The molecule has 134 valence electrons. The molecule has 1 saturated heterocycles. The average Bonchev–Trinajstić information content (AvgIpc) is 3.30. The fourth-order valence-electron chi connectivity index (χ4n) is 3.74. The average molecular weight is 342 g/mol. The third-order valence-corrected chi connectivity index (χ3v) is 5.03. The molecule has 1 saturated carbocycles. The van der Waals surface area contributed by atoms with Crippen LogP contribution < -0.4 is 16.0 Å². The van der Waals surface area contributed by atoms with E-state index < -0.39 is 0 Å². The number of nitriles is 1. The number of anilines is 1. The first-order valence-corrected chi connectivity index (χ1v) is 9.13. The lowest BCUT2D eigenvalue weighted by Crippen LogP contribution is -2.45. The molecule has 1 aliphatic heterocycles. The van der Waals surface area contributed by atoms with Gasteiger partial charge in [0, 0.05) is 44.5 Å². The third-order valence-electron chi connectivity index (χ3n) is 5.03. The molecule has 1 aromatic heterocycles. The molecule has 2 heterocycles. The lowest BCUT2D eigenvalue weighted by Gasteiger charge is -2.23. The topological polar surface area (TPSA) is 93.1 Å². The number of pyridine rings is 1. The summed E-state index contributed by atoms with van der Waals surface area (Å²) in [5.41, 5.74) is 0.505. The number of hydrogen-bond donors (Lipinski definition) is 3. The molecule has 7 heteroatoms. The minimum atomic E-state index is -0.124. The summed E-state index contributed by atoms with van der Waals surface area (Å²) in [4.78, 5) is 18.7. The maximum absolute atomic E-state index is 12.0. The number of aromatic nitrogens is 1. The monoisotopic (exact) mass is 342 g/mol. The Morgan fingerprint density at radius 1 is 1.32 bits per heavy atom. The van der Waals surface area contributed by atoms with Crippen molar-refractivity contribution in [3.8, 4) is 6.07 Å². The Hall–Kier alpha value is -2.33. The van der Waals surface area contributed by atoms with Gasteiger partial charge in [0.05, 0.1) is 5.56 Å². The number of urea groups is 1. The normalized spacial score (nSPS) is 21.0. The molecule has 0 radical (unpaired) electrons. The molecule has 2 amide bonds. The summed E-state index contributed by atoms with van der Waals surface area (Å²) < 4.78 is 0. The van der Waals surface area contributed by atoms with Gasteiger partial charge in [-0.25, -0.2) is 9.78 Å². The van der Waals surface area contributed by atoms with Crippen LogP contribution in [0.15, 0.2) is 18.3 Å². The maximum Gasteiger partial charge on any atom is 0.315 e. The van der Waals surface area contributed by atoms with Gasteiger partial charge >= 0.3 is 6.03 Å². The smallest absolute Gasteiger partial charge is 0.315 e.